The Kier molecular flexibility index (Phi) is 6.23. The van der Waals surface area contributed by atoms with E-state index in [9.17, 15) is 16.8 Å². The van der Waals surface area contributed by atoms with E-state index >= 15 is 0 Å². The highest BCUT2D eigenvalue weighted by Crippen LogP contribution is 2.31. The van der Waals surface area contributed by atoms with Crippen LogP contribution in [0.25, 0.3) is 0 Å². The van der Waals surface area contributed by atoms with Crippen molar-refractivity contribution in [3.8, 4) is 0 Å². The molecule has 3 aromatic rings. The van der Waals surface area contributed by atoms with E-state index in [1.54, 1.807) is 55.8 Å². The summed E-state index contributed by atoms with van der Waals surface area (Å²) >= 11 is 1.10. The van der Waals surface area contributed by atoms with Crippen molar-refractivity contribution in [1.82, 2.24) is 9.71 Å². The van der Waals surface area contributed by atoms with Crippen molar-refractivity contribution in [2.75, 3.05) is 6.54 Å². The second-order valence-corrected chi connectivity index (χ2v) is 11.8. The maximum absolute atomic E-state index is 13.2. The average Bonchev–Trinajstić information content (AvgIpc) is 3.17. The van der Waals surface area contributed by atoms with Crippen LogP contribution in [0.2, 0.25) is 0 Å². The van der Waals surface area contributed by atoms with Gasteiger partial charge in [-0.05, 0) is 55.0 Å². The van der Waals surface area contributed by atoms with E-state index in [2.05, 4.69) is 9.71 Å². The summed E-state index contributed by atoms with van der Waals surface area (Å²) in [6.45, 7) is 5.07. The van der Waals surface area contributed by atoms with E-state index in [-0.39, 0.29) is 15.6 Å². The third-order valence-electron chi connectivity index (χ3n) is 4.54. The Labute approximate surface area is 175 Å². The summed E-state index contributed by atoms with van der Waals surface area (Å²) in [6, 6.07) is 10.0. The van der Waals surface area contributed by atoms with Gasteiger partial charge in [0, 0.05) is 18.9 Å². The summed E-state index contributed by atoms with van der Waals surface area (Å²) in [4.78, 5) is 4.18. The van der Waals surface area contributed by atoms with Gasteiger partial charge in [0.15, 0.2) is 9.84 Å². The Bertz CT molecular complexity index is 1180. The maximum Gasteiger partial charge on any atom is 0.241 e. The fraction of sp³-hybridized carbons (Fsp3) is 0.250. The molecule has 0 radical (unpaired) electrons. The molecule has 2 heterocycles. The van der Waals surface area contributed by atoms with Crippen molar-refractivity contribution in [2.24, 2.45) is 0 Å². The van der Waals surface area contributed by atoms with Gasteiger partial charge in [-0.3, -0.25) is 4.98 Å². The van der Waals surface area contributed by atoms with Crippen LogP contribution in [0.1, 0.15) is 27.5 Å². The zero-order valence-electron chi connectivity index (χ0n) is 16.3. The Morgan fingerprint density at radius 1 is 1.03 bits per heavy atom. The van der Waals surface area contributed by atoms with Crippen LogP contribution in [0.4, 0.5) is 0 Å². The van der Waals surface area contributed by atoms with Gasteiger partial charge in [-0.15, -0.1) is 11.3 Å². The van der Waals surface area contributed by atoms with Crippen molar-refractivity contribution < 1.29 is 16.8 Å². The molecule has 0 bridgehead atoms. The molecule has 0 saturated carbocycles. The fourth-order valence-corrected chi connectivity index (χ4v) is 7.84. The van der Waals surface area contributed by atoms with Crippen LogP contribution in [0, 0.1) is 20.8 Å². The van der Waals surface area contributed by atoms with Crippen LogP contribution in [0.5, 0.6) is 0 Å². The van der Waals surface area contributed by atoms with E-state index in [0.717, 1.165) is 16.9 Å². The number of aryl methyl sites for hydroxylation is 3. The van der Waals surface area contributed by atoms with Crippen LogP contribution >= 0.6 is 11.3 Å². The van der Waals surface area contributed by atoms with Crippen molar-refractivity contribution in [1.29, 1.82) is 0 Å². The standard InChI is InChI=1S/C20H22N2O4S3/c1-14-10-15(2)20(16(3)11-14)29(25,26)22-13-18(17-6-4-8-21-12-17)28(23,24)19-7-5-9-27-19/h4-12,18,22H,13H2,1-3H3. The fourth-order valence-electron chi connectivity index (χ4n) is 3.39. The lowest BCUT2D eigenvalue weighted by Crippen LogP contribution is -2.32. The highest BCUT2D eigenvalue weighted by molar-refractivity contribution is 7.93. The Hall–Kier alpha value is -2.07. The number of hydrogen-bond donors (Lipinski definition) is 1. The molecule has 0 aliphatic heterocycles. The summed E-state index contributed by atoms with van der Waals surface area (Å²) < 4.78 is 55.1. The molecule has 0 aliphatic rings. The first-order valence-corrected chi connectivity index (χ1v) is 12.8. The number of thiophene rings is 1. The van der Waals surface area contributed by atoms with Gasteiger partial charge in [-0.2, -0.15) is 0 Å². The molecule has 1 aromatic carbocycles. The smallest absolute Gasteiger partial charge is 0.241 e. The number of pyridine rings is 1. The molecule has 1 unspecified atom stereocenters. The lowest BCUT2D eigenvalue weighted by atomic mass is 10.1. The Morgan fingerprint density at radius 2 is 1.72 bits per heavy atom. The first-order chi connectivity index (χ1) is 13.6. The lowest BCUT2D eigenvalue weighted by Gasteiger charge is -2.19. The van der Waals surface area contributed by atoms with E-state index in [4.69, 9.17) is 0 Å². The predicted octanol–water partition coefficient (Wildman–Crippen LogP) is 3.56. The summed E-state index contributed by atoms with van der Waals surface area (Å²) in [6.07, 6.45) is 2.99. The van der Waals surface area contributed by atoms with Gasteiger partial charge in [0.05, 0.1) is 4.90 Å². The van der Waals surface area contributed by atoms with Crippen LogP contribution in [0.3, 0.4) is 0 Å². The molecule has 2 aromatic heterocycles. The van der Waals surface area contributed by atoms with Gasteiger partial charge >= 0.3 is 0 Å². The van der Waals surface area contributed by atoms with Gasteiger partial charge in [-0.1, -0.05) is 29.8 Å². The van der Waals surface area contributed by atoms with Gasteiger partial charge < -0.3 is 0 Å². The number of sulfonamides is 1. The number of benzene rings is 1. The maximum atomic E-state index is 13.2. The Balaban J connectivity index is 1.98. The van der Waals surface area contributed by atoms with Crippen LogP contribution in [0.15, 0.2) is 63.3 Å². The first kappa shape index (κ1) is 21.6. The van der Waals surface area contributed by atoms with Crippen molar-refractivity contribution in [2.45, 2.75) is 35.1 Å². The Morgan fingerprint density at radius 3 is 2.28 bits per heavy atom. The van der Waals surface area contributed by atoms with Gasteiger partial charge in [0.25, 0.3) is 0 Å². The van der Waals surface area contributed by atoms with E-state index in [1.807, 2.05) is 6.92 Å². The topological polar surface area (TPSA) is 93.2 Å². The first-order valence-electron chi connectivity index (χ1n) is 8.88. The zero-order chi connectivity index (χ0) is 21.2. The molecule has 0 aliphatic carbocycles. The molecule has 29 heavy (non-hydrogen) atoms. The molecular formula is C20H22N2O4S3. The predicted molar refractivity (Wildman–Crippen MR) is 114 cm³/mol. The van der Waals surface area contributed by atoms with Crippen LogP contribution < -0.4 is 4.72 Å². The molecule has 0 spiro atoms. The molecule has 1 atom stereocenters. The van der Waals surface area contributed by atoms with E-state index < -0.39 is 25.1 Å². The largest absolute Gasteiger partial charge is 0.264 e. The minimum atomic E-state index is -3.90. The second-order valence-electron chi connectivity index (χ2n) is 6.83. The molecular weight excluding hydrogens is 428 g/mol. The number of hydrogen-bond acceptors (Lipinski definition) is 6. The zero-order valence-corrected chi connectivity index (χ0v) is 18.7. The second kappa shape index (κ2) is 8.35. The highest BCUT2D eigenvalue weighted by Gasteiger charge is 2.32. The molecule has 0 amide bonds. The average molecular weight is 451 g/mol. The van der Waals surface area contributed by atoms with Gasteiger partial charge in [0.2, 0.25) is 10.0 Å². The molecule has 0 saturated heterocycles. The molecule has 9 heteroatoms. The number of sulfone groups is 1. The molecule has 154 valence electrons. The highest BCUT2D eigenvalue weighted by atomic mass is 32.2. The SMILES string of the molecule is Cc1cc(C)c(S(=O)(=O)NCC(c2cccnc2)S(=O)(=O)c2cccs2)c(C)c1. The summed E-state index contributed by atoms with van der Waals surface area (Å²) in [5.74, 6) is 0. The normalized spacial score (nSPS) is 13.3. The van der Waals surface area contributed by atoms with Gasteiger partial charge in [0.1, 0.15) is 9.46 Å². The minimum Gasteiger partial charge on any atom is -0.264 e. The van der Waals surface area contributed by atoms with Crippen LogP contribution in [-0.2, 0) is 19.9 Å². The summed E-state index contributed by atoms with van der Waals surface area (Å²) in [7, 11) is -7.69. The number of nitrogens with zero attached hydrogens (tertiary/aromatic N) is 1. The summed E-state index contributed by atoms with van der Waals surface area (Å²) in [5, 5.41) is 0.590. The molecule has 6 nitrogen and oxygen atoms in total. The summed E-state index contributed by atoms with van der Waals surface area (Å²) in [5.41, 5.74) is 2.64. The molecule has 1 N–H and O–H groups in total. The van der Waals surface area contributed by atoms with Crippen LogP contribution in [-0.4, -0.2) is 28.4 Å². The van der Waals surface area contributed by atoms with Crippen molar-refractivity contribution in [3.05, 3.63) is 76.4 Å². The van der Waals surface area contributed by atoms with Crippen molar-refractivity contribution in [3.63, 3.8) is 0 Å². The van der Waals surface area contributed by atoms with Crippen molar-refractivity contribution >= 4 is 31.2 Å². The molecule has 0 fully saturated rings. The third-order valence-corrected chi connectivity index (χ3v) is 9.80. The monoisotopic (exact) mass is 450 g/mol. The lowest BCUT2D eigenvalue weighted by molar-refractivity contribution is 0.569. The molecule has 3 rings (SSSR count). The number of rotatable bonds is 7. The van der Waals surface area contributed by atoms with Gasteiger partial charge in [-0.25, -0.2) is 21.6 Å². The number of nitrogens with one attached hydrogen (secondary N) is 1. The quantitative estimate of drug-likeness (QED) is 0.594. The number of aromatic nitrogens is 1. The minimum absolute atomic E-state index is 0.182. The third kappa shape index (κ3) is 4.58. The van der Waals surface area contributed by atoms with E-state index in [1.165, 1.54) is 12.3 Å². The van der Waals surface area contributed by atoms with E-state index in [0.29, 0.717) is 16.7 Å².